The first-order valence-corrected chi connectivity index (χ1v) is 9.09. The van der Waals surface area contributed by atoms with Crippen LogP contribution in [0.4, 0.5) is 13.2 Å². The average molecular weight is 377 g/mol. The van der Waals surface area contributed by atoms with E-state index in [1.807, 2.05) is 6.92 Å². The summed E-state index contributed by atoms with van der Waals surface area (Å²) >= 11 is 0.984. The van der Waals surface area contributed by atoms with Gasteiger partial charge in [-0.2, -0.15) is 13.2 Å². The van der Waals surface area contributed by atoms with Crippen molar-refractivity contribution in [2.45, 2.75) is 32.4 Å². The molecule has 0 saturated carbocycles. The number of hydrogen-bond acceptors (Lipinski definition) is 4. The molecule has 0 bridgehead atoms. The van der Waals surface area contributed by atoms with E-state index in [4.69, 9.17) is 0 Å². The summed E-state index contributed by atoms with van der Waals surface area (Å²) in [5, 5.41) is 7.46. The Balaban J connectivity index is 1.81. The molecular weight excluding hydrogens is 355 g/mol. The van der Waals surface area contributed by atoms with Crippen LogP contribution in [0.2, 0.25) is 0 Å². The maximum atomic E-state index is 12.5. The number of halogens is 3. The predicted molar refractivity (Wildman–Crippen MR) is 90.6 cm³/mol. The van der Waals surface area contributed by atoms with Gasteiger partial charge >= 0.3 is 6.18 Å². The number of guanidine groups is 1. The minimum Gasteiger partial charge on any atom is -0.357 e. The molecule has 1 aliphatic heterocycles. The van der Waals surface area contributed by atoms with Crippen LogP contribution in [0.15, 0.2) is 10.4 Å². The molecule has 0 spiro atoms. The number of likely N-dealkylation sites (tertiary alicyclic amines) is 1. The molecule has 0 unspecified atom stereocenters. The molecule has 140 valence electrons. The number of hydrogen-bond donors (Lipinski definition) is 2. The second-order valence-electron chi connectivity index (χ2n) is 5.58. The molecule has 1 aromatic heterocycles. The molecule has 0 atom stereocenters. The third-order valence-corrected chi connectivity index (χ3v) is 4.56. The highest BCUT2D eigenvalue weighted by Crippen LogP contribution is 2.29. The first kappa shape index (κ1) is 19.5. The molecule has 1 saturated heterocycles. The molecule has 0 aromatic carbocycles. The van der Waals surface area contributed by atoms with Gasteiger partial charge in [-0.25, -0.2) is 9.98 Å². The molecule has 1 fully saturated rings. The summed E-state index contributed by atoms with van der Waals surface area (Å²) in [4.78, 5) is 21.6. The second-order valence-corrected chi connectivity index (χ2v) is 6.53. The van der Waals surface area contributed by atoms with Gasteiger partial charge in [-0.15, -0.1) is 11.3 Å². The van der Waals surface area contributed by atoms with Crippen molar-refractivity contribution in [3.63, 3.8) is 0 Å². The van der Waals surface area contributed by atoms with E-state index in [0.29, 0.717) is 30.5 Å². The van der Waals surface area contributed by atoms with Crippen molar-refractivity contribution in [2.24, 2.45) is 4.99 Å². The Morgan fingerprint density at radius 2 is 2.08 bits per heavy atom. The molecule has 1 aromatic rings. The van der Waals surface area contributed by atoms with Crippen LogP contribution in [-0.2, 0) is 17.4 Å². The lowest BCUT2D eigenvalue weighted by Gasteiger charge is -2.15. The third kappa shape index (κ3) is 6.18. The topological polar surface area (TPSA) is 69.6 Å². The van der Waals surface area contributed by atoms with Crippen molar-refractivity contribution >= 4 is 23.2 Å². The minimum atomic E-state index is -4.41. The number of carbonyl (C=O) groups is 1. The molecule has 2 rings (SSSR count). The number of amides is 1. The van der Waals surface area contributed by atoms with Gasteiger partial charge in [0.2, 0.25) is 5.91 Å². The highest BCUT2D eigenvalue weighted by atomic mass is 32.1. The lowest BCUT2D eigenvalue weighted by molar-refractivity contribution is -0.140. The smallest absolute Gasteiger partial charge is 0.357 e. The van der Waals surface area contributed by atoms with Crippen molar-refractivity contribution in [1.29, 1.82) is 0 Å². The summed E-state index contributed by atoms with van der Waals surface area (Å²) in [6, 6.07) is 0. The van der Waals surface area contributed by atoms with Crippen LogP contribution in [0, 0.1) is 0 Å². The maximum absolute atomic E-state index is 12.5. The number of alkyl halides is 3. The zero-order chi connectivity index (χ0) is 18.3. The highest BCUT2D eigenvalue weighted by molar-refractivity contribution is 7.09. The Labute approximate surface area is 148 Å². The normalized spacial score (nSPS) is 15.5. The van der Waals surface area contributed by atoms with Gasteiger partial charge in [0.25, 0.3) is 0 Å². The Hall–Kier alpha value is -1.84. The average Bonchev–Trinajstić information content (AvgIpc) is 3.23. The van der Waals surface area contributed by atoms with E-state index < -0.39 is 11.9 Å². The number of nitrogens with one attached hydrogen (secondary N) is 2. The van der Waals surface area contributed by atoms with Crippen molar-refractivity contribution < 1.29 is 18.0 Å². The van der Waals surface area contributed by atoms with Gasteiger partial charge < -0.3 is 15.5 Å². The van der Waals surface area contributed by atoms with Crippen LogP contribution in [0.25, 0.3) is 0 Å². The SMILES string of the molecule is CCNC(=NCC(=O)N1CCCC1)NCCc1nc(C(F)(F)F)cs1. The molecule has 6 nitrogen and oxygen atoms in total. The molecule has 1 amide bonds. The minimum absolute atomic E-state index is 0.00977. The summed E-state index contributed by atoms with van der Waals surface area (Å²) < 4.78 is 37.6. The summed E-state index contributed by atoms with van der Waals surface area (Å²) in [7, 11) is 0. The van der Waals surface area contributed by atoms with Gasteiger partial charge in [0.05, 0.1) is 5.01 Å². The standard InChI is InChI=1S/C15H22F3N5OS/c1-2-19-14(21-9-13(24)23-7-3-4-8-23)20-6-5-12-22-11(10-25-12)15(16,17)18/h10H,2-9H2,1H3,(H2,19,20,21). The van der Waals surface area contributed by atoms with Gasteiger partial charge in [-0.3, -0.25) is 4.79 Å². The summed E-state index contributed by atoms with van der Waals surface area (Å²) in [5.41, 5.74) is -0.857. The van der Waals surface area contributed by atoms with Crippen LogP contribution < -0.4 is 10.6 Å². The van der Waals surface area contributed by atoms with Crippen molar-refractivity contribution in [2.75, 3.05) is 32.7 Å². The number of nitrogens with zero attached hydrogens (tertiary/aromatic N) is 3. The van der Waals surface area contributed by atoms with E-state index in [-0.39, 0.29) is 12.5 Å². The molecule has 2 heterocycles. The molecule has 0 aliphatic carbocycles. The number of aromatic nitrogens is 1. The van der Waals surface area contributed by atoms with E-state index in [9.17, 15) is 18.0 Å². The number of rotatable bonds is 6. The van der Waals surface area contributed by atoms with Crippen molar-refractivity contribution in [3.05, 3.63) is 16.1 Å². The predicted octanol–water partition coefficient (Wildman–Crippen LogP) is 1.88. The summed E-state index contributed by atoms with van der Waals surface area (Å²) in [6.45, 7) is 4.53. The van der Waals surface area contributed by atoms with Gasteiger partial charge in [-0.1, -0.05) is 0 Å². The molecule has 25 heavy (non-hydrogen) atoms. The quantitative estimate of drug-likeness (QED) is 0.587. The van der Waals surface area contributed by atoms with E-state index in [0.717, 1.165) is 42.6 Å². The molecule has 10 heteroatoms. The first-order chi connectivity index (χ1) is 11.9. The molecular formula is C15H22F3N5OS. The summed E-state index contributed by atoms with van der Waals surface area (Å²) in [5.74, 6) is 0.465. The monoisotopic (exact) mass is 377 g/mol. The van der Waals surface area contributed by atoms with E-state index in [2.05, 4.69) is 20.6 Å². The molecule has 1 aliphatic rings. The zero-order valence-corrected chi connectivity index (χ0v) is 14.8. The number of aliphatic imine (C=N–C) groups is 1. The van der Waals surface area contributed by atoms with E-state index in [1.165, 1.54) is 0 Å². The van der Waals surface area contributed by atoms with E-state index >= 15 is 0 Å². The first-order valence-electron chi connectivity index (χ1n) is 8.21. The van der Waals surface area contributed by atoms with Crippen molar-refractivity contribution in [3.8, 4) is 0 Å². The summed E-state index contributed by atoms with van der Waals surface area (Å²) in [6.07, 6.45) is -2.00. The van der Waals surface area contributed by atoms with Crippen molar-refractivity contribution in [1.82, 2.24) is 20.5 Å². The fourth-order valence-corrected chi connectivity index (χ4v) is 3.20. The number of carbonyl (C=O) groups excluding carboxylic acids is 1. The lowest BCUT2D eigenvalue weighted by Crippen LogP contribution is -2.39. The van der Waals surface area contributed by atoms with Crippen LogP contribution in [-0.4, -0.2) is 54.5 Å². The van der Waals surface area contributed by atoms with Gasteiger partial charge in [0.15, 0.2) is 11.7 Å². The Bertz CT molecular complexity index is 596. The third-order valence-electron chi connectivity index (χ3n) is 3.65. The Morgan fingerprint density at radius 1 is 1.36 bits per heavy atom. The fraction of sp³-hybridized carbons (Fsp3) is 0.667. The molecule has 2 N–H and O–H groups in total. The van der Waals surface area contributed by atoms with Gasteiger partial charge in [0, 0.05) is 38.0 Å². The van der Waals surface area contributed by atoms with Gasteiger partial charge in [0.1, 0.15) is 6.54 Å². The zero-order valence-electron chi connectivity index (χ0n) is 14.0. The lowest BCUT2D eigenvalue weighted by atomic mass is 10.4. The number of thiazole rings is 1. The van der Waals surface area contributed by atoms with Crippen LogP contribution in [0.5, 0.6) is 0 Å². The highest BCUT2D eigenvalue weighted by Gasteiger charge is 2.33. The van der Waals surface area contributed by atoms with E-state index in [1.54, 1.807) is 4.90 Å². The second kappa shape index (κ2) is 9.02. The Kier molecular flexibility index (Phi) is 7.03. The Morgan fingerprint density at radius 3 is 2.68 bits per heavy atom. The van der Waals surface area contributed by atoms with Crippen LogP contribution >= 0.6 is 11.3 Å². The largest absolute Gasteiger partial charge is 0.434 e. The van der Waals surface area contributed by atoms with Gasteiger partial charge in [-0.05, 0) is 19.8 Å². The van der Waals surface area contributed by atoms with Crippen LogP contribution in [0.1, 0.15) is 30.5 Å². The maximum Gasteiger partial charge on any atom is 0.434 e. The fourth-order valence-electron chi connectivity index (χ4n) is 2.40. The van der Waals surface area contributed by atoms with Crippen LogP contribution in [0.3, 0.4) is 0 Å². The molecule has 0 radical (unpaired) electrons.